The molecule has 136 valence electrons. The van der Waals surface area contributed by atoms with Crippen molar-refractivity contribution in [3.8, 4) is 22.8 Å². The molecule has 0 fully saturated rings. The fourth-order valence-corrected chi connectivity index (χ4v) is 2.72. The molecule has 0 atom stereocenters. The van der Waals surface area contributed by atoms with Crippen LogP contribution in [-0.4, -0.2) is 30.4 Å². The molecule has 2 aromatic heterocycles. The van der Waals surface area contributed by atoms with E-state index in [0.29, 0.717) is 28.5 Å². The topological polar surface area (TPSA) is 82.5 Å². The molecular weight excluding hydrogens is 364 g/mol. The highest BCUT2D eigenvalue weighted by Gasteiger charge is 2.12. The van der Waals surface area contributed by atoms with Crippen LogP contribution in [0.3, 0.4) is 0 Å². The molecule has 27 heavy (non-hydrogen) atoms. The van der Waals surface area contributed by atoms with Crippen LogP contribution in [0.25, 0.3) is 22.8 Å². The summed E-state index contributed by atoms with van der Waals surface area (Å²) in [5, 5.41) is 21.3. The van der Waals surface area contributed by atoms with Crippen LogP contribution in [-0.2, 0) is 6.54 Å². The summed E-state index contributed by atoms with van der Waals surface area (Å²) in [6, 6.07) is 15.4. The first-order valence-corrected chi connectivity index (χ1v) is 8.93. The minimum Gasteiger partial charge on any atom is -0.419 e. The molecule has 7 nitrogen and oxygen atoms in total. The minimum atomic E-state index is 0.248. The van der Waals surface area contributed by atoms with E-state index in [2.05, 4.69) is 51.6 Å². The minimum absolute atomic E-state index is 0.248. The molecule has 8 heteroatoms. The maximum atomic E-state index is 5.89. The third-order valence-electron chi connectivity index (χ3n) is 4.12. The van der Waals surface area contributed by atoms with E-state index < -0.39 is 0 Å². The number of tetrazole rings is 1. The molecule has 2 aromatic carbocycles. The first-order valence-electron chi connectivity index (χ1n) is 8.55. The molecule has 0 radical (unpaired) electrons. The zero-order valence-electron chi connectivity index (χ0n) is 14.9. The number of aromatic nitrogens is 6. The number of halogens is 1. The Kier molecular flexibility index (Phi) is 4.68. The summed E-state index contributed by atoms with van der Waals surface area (Å²) in [7, 11) is 0. The molecule has 0 aliphatic heterocycles. The normalized spacial score (nSPS) is 11.3. The van der Waals surface area contributed by atoms with Gasteiger partial charge < -0.3 is 4.42 Å². The molecular formula is C19H17ClN6O. The van der Waals surface area contributed by atoms with Crippen LogP contribution < -0.4 is 0 Å². The van der Waals surface area contributed by atoms with Crippen molar-refractivity contribution >= 4 is 11.6 Å². The fourth-order valence-electron chi connectivity index (χ4n) is 2.59. The predicted molar refractivity (Wildman–Crippen MR) is 101 cm³/mol. The molecule has 0 saturated carbocycles. The molecule has 0 unspecified atom stereocenters. The molecule has 4 rings (SSSR count). The van der Waals surface area contributed by atoms with E-state index in [1.165, 1.54) is 10.4 Å². The van der Waals surface area contributed by atoms with Gasteiger partial charge in [0.1, 0.15) is 6.54 Å². The van der Waals surface area contributed by atoms with Crippen molar-refractivity contribution in [3.05, 3.63) is 65.0 Å². The van der Waals surface area contributed by atoms with Gasteiger partial charge in [0.05, 0.1) is 0 Å². The first-order chi connectivity index (χ1) is 13.1. The zero-order valence-corrected chi connectivity index (χ0v) is 15.6. The van der Waals surface area contributed by atoms with Crippen LogP contribution in [0.4, 0.5) is 0 Å². The summed E-state index contributed by atoms with van der Waals surface area (Å²) >= 11 is 5.89. The van der Waals surface area contributed by atoms with Crippen molar-refractivity contribution in [1.82, 2.24) is 30.4 Å². The van der Waals surface area contributed by atoms with Gasteiger partial charge in [-0.1, -0.05) is 49.7 Å². The van der Waals surface area contributed by atoms with E-state index in [9.17, 15) is 0 Å². The summed E-state index contributed by atoms with van der Waals surface area (Å²) in [5.41, 5.74) is 2.99. The van der Waals surface area contributed by atoms with Gasteiger partial charge in [-0.2, -0.15) is 4.80 Å². The van der Waals surface area contributed by atoms with Gasteiger partial charge in [0.2, 0.25) is 17.6 Å². The summed E-state index contributed by atoms with van der Waals surface area (Å²) in [6.45, 7) is 4.57. The van der Waals surface area contributed by atoms with Gasteiger partial charge in [0.25, 0.3) is 0 Å². The van der Waals surface area contributed by atoms with Crippen molar-refractivity contribution in [2.75, 3.05) is 0 Å². The Morgan fingerprint density at radius 2 is 1.63 bits per heavy atom. The Hall–Kier alpha value is -3.06. The summed E-state index contributed by atoms with van der Waals surface area (Å²) in [4.78, 5) is 1.44. The van der Waals surface area contributed by atoms with Crippen molar-refractivity contribution in [2.45, 2.75) is 26.3 Å². The Morgan fingerprint density at radius 3 is 2.33 bits per heavy atom. The molecule has 0 aliphatic carbocycles. The van der Waals surface area contributed by atoms with Gasteiger partial charge in [0.15, 0.2) is 0 Å². The van der Waals surface area contributed by atoms with Crippen molar-refractivity contribution in [3.63, 3.8) is 0 Å². The lowest BCUT2D eigenvalue weighted by Gasteiger charge is -2.04. The standard InChI is InChI=1S/C19H17ClN6O/c1-12(2)13-3-5-14(6-4-13)18-22-25-26(24-18)11-17-21-23-19(27-17)15-7-9-16(20)10-8-15/h3-10,12H,11H2,1-2H3. The highest BCUT2D eigenvalue weighted by molar-refractivity contribution is 6.30. The van der Waals surface area contributed by atoms with Gasteiger partial charge in [0, 0.05) is 16.1 Å². The number of nitrogens with zero attached hydrogens (tertiary/aromatic N) is 6. The second-order valence-electron chi connectivity index (χ2n) is 6.43. The summed E-state index contributed by atoms with van der Waals surface area (Å²) in [6.07, 6.45) is 0. The van der Waals surface area contributed by atoms with Gasteiger partial charge in [-0.25, -0.2) is 0 Å². The monoisotopic (exact) mass is 380 g/mol. The summed E-state index contributed by atoms with van der Waals surface area (Å²) < 4.78 is 5.68. The maximum absolute atomic E-state index is 5.89. The van der Waals surface area contributed by atoms with Crippen LogP contribution in [0.2, 0.25) is 5.02 Å². The fraction of sp³-hybridized carbons (Fsp3) is 0.211. The van der Waals surface area contributed by atoms with Crippen LogP contribution >= 0.6 is 11.6 Å². The molecule has 0 amide bonds. The summed E-state index contributed by atoms with van der Waals surface area (Å²) in [5.74, 6) is 1.86. The average molecular weight is 381 g/mol. The third kappa shape index (κ3) is 3.88. The molecule has 0 spiro atoms. The smallest absolute Gasteiger partial charge is 0.247 e. The lowest BCUT2D eigenvalue weighted by molar-refractivity contribution is 0.446. The maximum Gasteiger partial charge on any atom is 0.247 e. The molecule has 0 saturated heterocycles. The Bertz CT molecular complexity index is 1040. The van der Waals surface area contributed by atoms with E-state index in [-0.39, 0.29) is 6.54 Å². The molecule has 0 aliphatic rings. The van der Waals surface area contributed by atoms with Gasteiger partial charge in [-0.15, -0.1) is 20.4 Å². The average Bonchev–Trinajstić information content (AvgIpc) is 3.33. The van der Waals surface area contributed by atoms with E-state index in [1.54, 1.807) is 12.1 Å². The lowest BCUT2D eigenvalue weighted by atomic mass is 10.0. The molecule has 0 bridgehead atoms. The van der Waals surface area contributed by atoms with Gasteiger partial charge >= 0.3 is 0 Å². The highest BCUT2D eigenvalue weighted by Crippen LogP contribution is 2.21. The van der Waals surface area contributed by atoms with Crippen LogP contribution in [0.1, 0.15) is 31.2 Å². The number of rotatable bonds is 5. The van der Waals surface area contributed by atoms with E-state index in [4.69, 9.17) is 16.0 Å². The second-order valence-corrected chi connectivity index (χ2v) is 6.86. The van der Waals surface area contributed by atoms with E-state index >= 15 is 0 Å². The first kappa shape index (κ1) is 17.4. The number of benzene rings is 2. The van der Waals surface area contributed by atoms with Crippen molar-refractivity contribution in [1.29, 1.82) is 0 Å². The quantitative estimate of drug-likeness (QED) is 0.515. The highest BCUT2D eigenvalue weighted by atomic mass is 35.5. The largest absolute Gasteiger partial charge is 0.419 e. The van der Waals surface area contributed by atoms with Gasteiger partial charge in [-0.3, -0.25) is 0 Å². The number of hydrogen-bond donors (Lipinski definition) is 0. The zero-order chi connectivity index (χ0) is 18.8. The number of hydrogen-bond acceptors (Lipinski definition) is 6. The second kappa shape index (κ2) is 7.28. The third-order valence-corrected chi connectivity index (χ3v) is 4.38. The van der Waals surface area contributed by atoms with E-state index in [1.807, 2.05) is 24.3 Å². The molecule has 0 N–H and O–H groups in total. The van der Waals surface area contributed by atoms with Crippen LogP contribution in [0.15, 0.2) is 52.9 Å². The Labute approximate surface area is 161 Å². The van der Waals surface area contributed by atoms with E-state index in [0.717, 1.165) is 11.1 Å². The Balaban J connectivity index is 1.49. The van der Waals surface area contributed by atoms with Crippen molar-refractivity contribution in [2.24, 2.45) is 0 Å². The molecule has 4 aromatic rings. The van der Waals surface area contributed by atoms with Crippen LogP contribution in [0.5, 0.6) is 0 Å². The lowest BCUT2D eigenvalue weighted by Crippen LogP contribution is -2.04. The predicted octanol–water partition coefficient (Wildman–Crippen LogP) is 4.22. The SMILES string of the molecule is CC(C)c1ccc(-c2nnn(Cc3nnc(-c4ccc(Cl)cc4)o3)n2)cc1. The Morgan fingerprint density at radius 1 is 0.926 bits per heavy atom. The van der Waals surface area contributed by atoms with Crippen LogP contribution in [0, 0.1) is 0 Å². The molecule has 2 heterocycles. The van der Waals surface area contributed by atoms with Crippen molar-refractivity contribution < 1.29 is 4.42 Å². The van der Waals surface area contributed by atoms with Gasteiger partial charge in [-0.05, 0) is 41.0 Å².